The van der Waals surface area contributed by atoms with Gasteiger partial charge in [0.25, 0.3) is 0 Å². The number of para-hydroxylation sites is 1. The Morgan fingerprint density at radius 2 is 1.83 bits per heavy atom. The zero-order chi connectivity index (χ0) is 12.5. The largest absolute Gasteiger partial charge is 0.364 e. The first-order valence-corrected chi connectivity index (χ1v) is 7.41. The van der Waals surface area contributed by atoms with Gasteiger partial charge in [-0.3, -0.25) is 0 Å². The zero-order valence-electron chi connectivity index (χ0n) is 10.4. The Kier molecular flexibility index (Phi) is 3.29. The molecule has 18 heavy (non-hydrogen) atoms. The van der Waals surface area contributed by atoms with Crippen LogP contribution in [0.5, 0.6) is 0 Å². The summed E-state index contributed by atoms with van der Waals surface area (Å²) in [5.74, 6) is 0. The van der Waals surface area contributed by atoms with Crippen LogP contribution in [0.25, 0.3) is 0 Å². The second-order valence-corrected chi connectivity index (χ2v) is 6.18. The fraction of sp³-hybridized carbons (Fsp3) is 0.250. The Hall–Kier alpha value is -1.03. The van der Waals surface area contributed by atoms with Gasteiger partial charge in [0, 0.05) is 21.8 Å². The summed E-state index contributed by atoms with van der Waals surface area (Å²) in [5, 5.41) is 0. The van der Waals surface area contributed by atoms with Gasteiger partial charge in [-0.1, -0.05) is 30.3 Å². The van der Waals surface area contributed by atoms with Crippen molar-refractivity contribution in [2.75, 3.05) is 4.90 Å². The Labute approximate surface area is 122 Å². The molecule has 0 saturated heterocycles. The molecule has 0 radical (unpaired) electrons. The van der Waals surface area contributed by atoms with Crippen LogP contribution in [0.2, 0.25) is 0 Å². The molecule has 1 atom stereocenters. The first kappa shape index (κ1) is 12.0. The van der Waals surface area contributed by atoms with Crippen molar-refractivity contribution >= 4 is 28.3 Å². The lowest BCUT2D eigenvalue weighted by atomic mass is 10.1. The minimum atomic E-state index is 0.599. The fourth-order valence-corrected chi connectivity index (χ4v) is 3.02. The summed E-state index contributed by atoms with van der Waals surface area (Å²) >= 11 is 2.35. The van der Waals surface area contributed by atoms with Crippen molar-refractivity contribution < 1.29 is 0 Å². The van der Waals surface area contributed by atoms with Gasteiger partial charge in [-0.25, -0.2) is 0 Å². The summed E-state index contributed by atoms with van der Waals surface area (Å²) in [4.78, 5) is 2.51. The normalized spacial score (nSPS) is 17.9. The van der Waals surface area contributed by atoms with Gasteiger partial charge in [-0.15, -0.1) is 0 Å². The van der Waals surface area contributed by atoms with E-state index in [4.69, 9.17) is 0 Å². The van der Waals surface area contributed by atoms with E-state index in [1.54, 1.807) is 0 Å². The zero-order valence-corrected chi connectivity index (χ0v) is 12.6. The van der Waals surface area contributed by atoms with E-state index in [9.17, 15) is 0 Å². The highest BCUT2D eigenvalue weighted by Gasteiger charge is 2.25. The summed E-state index contributed by atoms with van der Waals surface area (Å²) in [6.07, 6.45) is 1.17. The molecule has 0 spiro atoms. The van der Waals surface area contributed by atoms with E-state index in [1.807, 2.05) is 0 Å². The van der Waals surface area contributed by atoms with Crippen molar-refractivity contribution in [3.05, 3.63) is 63.2 Å². The van der Waals surface area contributed by atoms with Gasteiger partial charge in [0.15, 0.2) is 0 Å². The van der Waals surface area contributed by atoms with Crippen LogP contribution in [0, 0.1) is 3.57 Å². The third-order valence-electron chi connectivity index (χ3n) is 3.61. The molecule has 92 valence electrons. The topological polar surface area (TPSA) is 3.24 Å². The van der Waals surface area contributed by atoms with Crippen molar-refractivity contribution in [1.29, 1.82) is 0 Å². The Bertz CT molecular complexity index is 547. The number of anilines is 1. The maximum atomic E-state index is 2.51. The van der Waals surface area contributed by atoms with Crippen LogP contribution in [0.3, 0.4) is 0 Å². The summed E-state index contributed by atoms with van der Waals surface area (Å²) in [6.45, 7) is 3.32. The average Bonchev–Trinajstić information content (AvgIpc) is 2.69. The highest BCUT2D eigenvalue weighted by Crippen LogP contribution is 2.32. The minimum Gasteiger partial charge on any atom is -0.364 e. The SMILES string of the molecule is CC1Cc2ccccc2N1Cc1ccc(I)cc1. The predicted octanol–water partition coefficient (Wildman–Crippen LogP) is 4.24. The van der Waals surface area contributed by atoms with Crippen molar-refractivity contribution in [3.63, 3.8) is 0 Å². The molecule has 0 amide bonds. The summed E-state index contributed by atoms with van der Waals surface area (Å²) in [6, 6.07) is 18.2. The van der Waals surface area contributed by atoms with Crippen molar-refractivity contribution in [2.24, 2.45) is 0 Å². The van der Waals surface area contributed by atoms with Crippen molar-refractivity contribution in [2.45, 2.75) is 25.9 Å². The summed E-state index contributed by atoms with van der Waals surface area (Å²) in [7, 11) is 0. The molecule has 1 unspecified atom stereocenters. The van der Waals surface area contributed by atoms with Gasteiger partial charge in [0.05, 0.1) is 0 Å². The second-order valence-electron chi connectivity index (χ2n) is 4.94. The number of nitrogens with zero attached hydrogens (tertiary/aromatic N) is 1. The number of halogens is 1. The lowest BCUT2D eigenvalue weighted by Crippen LogP contribution is -2.28. The van der Waals surface area contributed by atoms with Crippen molar-refractivity contribution in [3.8, 4) is 0 Å². The highest BCUT2D eigenvalue weighted by molar-refractivity contribution is 14.1. The lowest BCUT2D eigenvalue weighted by molar-refractivity contribution is 0.672. The molecule has 1 aliphatic rings. The lowest BCUT2D eigenvalue weighted by Gasteiger charge is -2.25. The van der Waals surface area contributed by atoms with Crippen LogP contribution in [0.15, 0.2) is 48.5 Å². The molecule has 2 aromatic carbocycles. The molecule has 0 aliphatic carbocycles. The molecular weight excluding hydrogens is 333 g/mol. The number of hydrogen-bond donors (Lipinski definition) is 0. The molecule has 3 rings (SSSR count). The molecule has 2 aromatic rings. The number of benzene rings is 2. The second kappa shape index (κ2) is 4.92. The van der Waals surface area contributed by atoms with Crippen molar-refractivity contribution in [1.82, 2.24) is 0 Å². The van der Waals surface area contributed by atoms with E-state index >= 15 is 0 Å². The third-order valence-corrected chi connectivity index (χ3v) is 4.33. The molecule has 1 nitrogen and oxygen atoms in total. The number of hydrogen-bond acceptors (Lipinski definition) is 1. The van der Waals surface area contributed by atoms with Crippen LogP contribution in [-0.2, 0) is 13.0 Å². The van der Waals surface area contributed by atoms with Gasteiger partial charge in [-0.2, -0.15) is 0 Å². The first-order valence-electron chi connectivity index (χ1n) is 6.33. The molecular formula is C16H16IN. The van der Waals surface area contributed by atoms with Gasteiger partial charge < -0.3 is 4.90 Å². The van der Waals surface area contributed by atoms with Gasteiger partial charge in [0.1, 0.15) is 0 Å². The van der Waals surface area contributed by atoms with Gasteiger partial charge in [-0.05, 0) is 65.3 Å². The Morgan fingerprint density at radius 3 is 2.61 bits per heavy atom. The monoisotopic (exact) mass is 349 g/mol. The standard InChI is InChI=1S/C16H16IN/c1-12-10-14-4-2-3-5-16(14)18(12)11-13-6-8-15(17)9-7-13/h2-9,12H,10-11H2,1H3. The maximum Gasteiger partial charge on any atom is 0.0432 e. The van der Waals surface area contributed by atoms with E-state index in [2.05, 4.69) is 82.9 Å². The van der Waals surface area contributed by atoms with Gasteiger partial charge in [0.2, 0.25) is 0 Å². The van der Waals surface area contributed by atoms with Crippen LogP contribution >= 0.6 is 22.6 Å². The molecule has 1 aliphatic heterocycles. The number of rotatable bonds is 2. The summed E-state index contributed by atoms with van der Waals surface area (Å²) < 4.78 is 1.30. The maximum absolute atomic E-state index is 2.51. The molecule has 0 saturated carbocycles. The first-order chi connectivity index (χ1) is 8.74. The van der Waals surface area contributed by atoms with E-state index < -0.39 is 0 Å². The average molecular weight is 349 g/mol. The molecule has 0 N–H and O–H groups in total. The van der Waals surface area contributed by atoms with Crippen LogP contribution in [0.4, 0.5) is 5.69 Å². The Balaban J connectivity index is 1.87. The number of fused-ring (bicyclic) bond motifs is 1. The van der Waals surface area contributed by atoms with E-state index in [0.717, 1.165) is 6.54 Å². The molecule has 2 heteroatoms. The van der Waals surface area contributed by atoms with E-state index in [-0.39, 0.29) is 0 Å². The van der Waals surface area contributed by atoms with Crippen LogP contribution in [0.1, 0.15) is 18.1 Å². The van der Waals surface area contributed by atoms with Crippen LogP contribution in [-0.4, -0.2) is 6.04 Å². The Morgan fingerprint density at radius 1 is 1.11 bits per heavy atom. The van der Waals surface area contributed by atoms with E-state index in [0.29, 0.717) is 6.04 Å². The molecule has 0 bridgehead atoms. The molecule has 0 aromatic heterocycles. The fourth-order valence-electron chi connectivity index (χ4n) is 2.66. The highest BCUT2D eigenvalue weighted by atomic mass is 127. The molecule has 0 fully saturated rings. The minimum absolute atomic E-state index is 0.599. The summed E-state index contributed by atoms with van der Waals surface area (Å²) in [5.41, 5.74) is 4.28. The quantitative estimate of drug-likeness (QED) is 0.733. The van der Waals surface area contributed by atoms with E-state index in [1.165, 1.54) is 26.8 Å². The van der Waals surface area contributed by atoms with Gasteiger partial charge >= 0.3 is 0 Å². The molecule has 1 heterocycles. The van der Waals surface area contributed by atoms with Crippen LogP contribution < -0.4 is 4.90 Å². The predicted molar refractivity (Wildman–Crippen MR) is 85.0 cm³/mol. The smallest absolute Gasteiger partial charge is 0.0432 e. The third kappa shape index (κ3) is 2.26.